The number of anilines is 1. The summed E-state index contributed by atoms with van der Waals surface area (Å²) in [5, 5.41) is 2.68. The molecule has 1 fully saturated rings. The molecule has 1 heterocycles. The molecular formula is C11H11BrF2N2O. The summed E-state index contributed by atoms with van der Waals surface area (Å²) in [5.41, 5.74) is 0.617. The van der Waals surface area contributed by atoms with Crippen LogP contribution in [0, 0.1) is 11.6 Å². The van der Waals surface area contributed by atoms with Gasteiger partial charge in [-0.25, -0.2) is 8.78 Å². The molecule has 2 rings (SSSR count). The largest absolute Gasteiger partial charge is 0.369 e. The molecule has 1 aliphatic rings. The Kier molecular flexibility index (Phi) is 3.61. The SMILES string of the molecule is O=CN[C@H]1CCN(c2cc(F)c(F)c(Br)c2)C1. The number of rotatable bonds is 3. The normalized spacial score (nSPS) is 19.5. The van der Waals surface area contributed by atoms with Gasteiger partial charge in [-0.1, -0.05) is 0 Å². The van der Waals surface area contributed by atoms with E-state index in [0.29, 0.717) is 25.2 Å². The molecule has 0 spiro atoms. The Bertz CT molecular complexity index is 418. The van der Waals surface area contributed by atoms with Crippen molar-refractivity contribution in [2.45, 2.75) is 12.5 Å². The average molecular weight is 305 g/mol. The lowest BCUT2D eigenvalue weighted by Crippen LogP contribution is -2.31. The fourth-order valence-corrected chi connectivity index (χ4v) is 2.38. The van der Waals surface area contributed by atoms with Gasteiger partial charge in [0.2, 0.25) is 6.41 Å². The van der Waals surface area contributed by atoms with Gasteiger partial charge in [0.05, 0.1) is 4.47 Å². The topological polar surface area (TPSA) is 32.3 Å². The van der Waals surface area contributed by atoms with Gasteiger partial charge in [-0.2, -0.15) is 0 Å². The van der Waals surface area contributed by atoms with Gasteiger partial charge in [-0.3, -0.25) is 4.79 Å². The molecule has 1 N–H and O–H groups in total. The Hall–Kier alpha value is -1.17. The van der Waals surface area contributed by atoms with E-state index < -0.39 is 11.6 Å². The number of benzene rings is 1. The minimum absolute atomic E-state index is 0.0689. The number of amides is 1. The summed E-state index contributed by atoms with van der Waals surface area (Å²) >= 11 is 2.98. The molecule has 1 saturated heterocycles. The molecule has 6 heteroatoms. The Morgan fingerprint density at radius 3 is 2.88 bits per heavy atom. The van der Waals surface area contributed by atoms with Crippen LogP contribution in [-0.4, -0.2) is 25.5 Å². The summed E-state index contributed by atoms with van der Waals surface area (Å²) in [6, 6.07) is 2.78. The van der Waals surface area contributed by atoms with E-state index in [1.165, 1.54) is 6.07 Å². The predicted octanol–water partition coefficient (Wildman–Crippen LogP) is 2.05. The summed E-state index contributed by atoms with van der Waals surface area (Å²) in [4.78, 5) is 12.2. The average Bonchev–Trinajstić information content (AvgIpc) is 2.74. The molecule has 0 unspecified atom stereocenters. The van der Waals surface area contributed by atoms with E-state index >= 15 is 0 Å². The molecule has 0 bridgehead atoms. The summed E-state index contributed by atoms with van der Waals surface area (Å²) in [7, 11) is 0. The van der Waals surface area contributed by atoms with Gasteiger partial charge in [0, 0.05) is 30.9 Å². The number of nitrogens with zero attached hydrogens (tertiary/aromatic N) is 1. The maximum absolute atomic E-state index is 13.2. The minimum atomic E-state index is -0.879. The molecule has 17 heavy (non-hydrogen) atoms. The van der Waals surface area contributed by atoms with E-state index in [1.807, 2.05) is 4.90 Å². The predicted molar refractivity (Wildman–Crippen MR) is 63.9 cm³/mol. The molecule has 1 aromatic carbocycles. The smallest absolute Gasteiger partial charge is 0.207 e. The molecule has 92 valence electrons. The maximum atomic E-state index is 13.2. The van der Waals surface area contributed by atoms with Crippen molar-refractivity contribution in [2.24, 2.45) is 0 Å². The van der Waals surface area contributed by atoms with E-state index in [0.717, 1.165) is 6.42 Å². The van der Waals surface area contributed by atoms with Gasteiger partial charge in [0.1, 0.15) is 0 Å². The fraction of sp³-hybridized carbons (Fsp3) is 0.364. The molecule has 1 amide bonds. The lowest BCUT2D eigenvalue weighted by Gasteiger charge is -2.19. The highest BCUT2D eigenvalue weighted by atomic mass is 79.9. The lowest BCUT2D eigenvalue weighted by atomic mass is 10.2. The third kappa shape index (κ3) is 2.57. The number of halogens is 3. The monoisotopic (exact) mass is 304 g/mol. The second kappa shape index (κ2) is 5.00. The molecule has 3 nitrogen and oxygen atoms in total. The highest BCUT2D eigenvalue weighted by Gasteiger charge is 2.23. The van der Waals surface area contributed by atoms with E-state index in [9.17, 15) is 13.6 Å². The zero-order chi connectivity index (χ0) is 12.4. The van der Waals surface area contributed by atoms with Crippen LogP contribution in [0.3, 0.4) is 0 Å². The van der Waals surface area contributed by atoms with Crippen molar-refractivity contribution in [3.05, 3.63) is 28.2 Å². The molecule has 0 aliphatic carbocycles. The number of hydrogen-bond acceptors (Lipinski definition) is 2. The van der Waals surface area contributed by atoms with E-state index in [1.54, 1.807) is 6.07 Å². The highest BCUT2D eigenvalue weighted by Crippen LogP contribution is 2.28. The van der Waals surface area contributed by atoms with Crippen molar-refractivity contribution in [2.75, 3.05) is 18.0 Å². The van der Waals surface area contributed by atoms with Crippen molar-refractivity contribution in [1.82, 2.24) is 5.32 Å². The second-order valence-corrected chi connectivity index (χ2v) is 4.79. The van der Waals surface area contributed by atoms with Gasteiger partial charge < -0.3 is 10.2 Å². The van der Waals surface area contributed by atoms with Gasteiger partial charge in [0.25, 0.3) is 0 Å². The third-order valence-corrected chi connectivity index (χ3v) is 3.40. The Morgan fingerprint density at radius 2 is 2.24 bits per heavy atom. The van der Waals surface area contributed by atoms with E-state index in [-0.39, 0.29) is 10.5 Å². The van der Waals surface area contributed by atoms with Crippen LogP contribution < -0.4 is 10.2 Å². The van der Waals surface area contributed by atoms with E-state index in [4.69, 9.17) is 0 Å². The maximum Gasteiger partial charge on any atom is 0.207 e. The number of carbonyl (C=O) groups is 1. The van der Waals surface area contributed by atoms with Crippen molar-refractivity contribution in [3.8, 4) is 0 Å². The summed E-state index contributed by atoms with van der Waals surface area (Å²) in [5.74, 6) is -1.75. The quantitative estimate of drug-likeness (QED) is 0.685. The van der Waals surface area contributed by atoms with Gasteiger partial charge in [0.15, 0.2) is 11.6 Å². The van der Waals surface area contributed by atoms with Crippen LogP contribution in [0.5, 0.6) is 0 Å². The summed E-state index contributed by atoms with van der Waals surface area (Å²) in [6.07, 6.45) is 1.46. The molecular weight excluding hydrogens is 294 g/mol. The fourth-order valence-electron chi connectivity index (χ4n) is 1.95. The zero-order valence-electron chi connectivity index (χ0n) is 8.92. The van der Waals surface area contributed by atoms with Crippen LogP contribution in [0.2, 0.25) is 0 Å². The third-order valence-electron chi connectivity index (χ3n) is 2.83. The van der Waals surface area contributed by atoms with Crippen molar-refractivity contribution in [1.29, 1.82) is 0 Å². The lowest BCUT2D eigenvalue weighted by molar-refractivity contribution is -0.110. The molecule has 0 radical (unpaired) electrons. The molecule has 0 saturated carbocycles. The van der Waals surface area contributed by atoms with Gasteiger partial charge >= 0.3 is 0 Å². The Morgan fingerprint density at radius 1 is 1.47 bits per heavy atom. The van der Waals surface area contributed by atoms with E-state index in [2.05, 4.69) is 21.2 Å². The number of hydrogen-bond donors (Lipinski definition) is 1. The summed E-state index contributed by atoms with van der Waals surface area (Å²) in [6.45, 7) is 1.32. The molecule has 0 aromatic heterocycles. The van der Waals surface area contributed by atoms with Crippen LogP contribution >= 0.6 is 15.9 Å². The van der Waals surface area contributed by atoms with Crippen LogP contribution in [0.25, 0.3) is 0 Å². The molecule has 1 atom stereocenters. The van der Waals surface area contributed by atoms with Crippen molar-refractivity contribution < 1.29 is 13.6 Å². The first-order chi connectivity index (χ1) is 8.11. The van der Waals surface area contributed by atoms with Crippen molar-refractivity contribution >= 4 is 28.0 Å². The highest BCUT2D eigenvalue weighted by molar-refractivity contribution is 9.10. The van der Waals surface area contributed by atoms with Crippen LogP contribution in [0.15, 0.2) is 16.6 Å². The Balaban J connectivity index is 2.16. The molecule has 1 aliphatic heterocycles. The van der Waals surface area contributed by atoms with Gasteiger partial charge in [-0.05, 0) is 28.4 Å². The van der Waals surface area contributed by atoms with Gasteiger partial charge in [-0.15, -0.1) is 0 Å². The molecule has 1 aromatic rings. The first kappa shape index (κ1) is 12.3. The standard InChI is InChI=1S/C11H11BrF2N2O/c12-9-3-8(4-10(13)11(9)14)16-2-1-7(5-16)15-6-17/h3-4,6-7H,1-2,5H2,(H,15,17)/t7-/m0/s1. The van der Waals surface area contributed by atoms with Crippen molar-refractivity contribution in [3.63, 3.8) is 0 Å². The first-order valence-corrected chi connectivity index (χ1v) is 6.00. The first-order valence-electron chi connectivity index (χ1n) is 5.21. The second-order valence-electron chi connectivity index (χ2n) is 3.94. The van der Waals surface area contributed by atoms with Crippen LogP contribution in [0.1, 0.15) is 6.42 Å². The summed E-state index contributed by atoms with van der Waals surface area (Å²) < 4.78 is 26.4. The number of carbonyl (C=O) groups excluding carboxylic acids is 1. The minimum Gasteiger partial charge on any atom is -0.369 e. The van der Waals surface area contributed by atoms with Crippen LogP contribution in [0.4, 0.5) is 14.5 Å². The Labute approximate surface area is 106 Å². The zero-order valence-corrected chi connectivity index (χ0v) is 10.5. The van der Waals surface area contributed by atoms with Crippen LogP contribution in [-0.2, 0) is 4.79 Å². The number of nitrogens with one attached hydrogen (secondary N) is 1.